The second-order valence-electron chi connectivity index (χ2n) is 3.93. The van der Waals surface area contributed by atoms with Crippen molar-refractivity contribution in [3.63, 3.8) is 0 Å². The highest BCUT2D eigenvalue weighted by Gasteiger charge is 2.18. The van der Waals surface area contributed by atoms with E-state index in [9.17, 15) is 4.79 Å². The van der Waals surface area contributed by atoms with Crippen LogP contribution in [0.15, 0.2) is 24.3 Å². The molecule has 2 atom stereocenters. The fraction of sp³-hybridized carbons (Fsp3) is 0.417. The van der Waals surface area contributed by atoms with E-state index in [1.807, 2.05) is 31.2 Å². The summed E-state index contributed by atoms with van der Waals surface area (Å²) in [6.07, 6.45) is 0.384. The van der Waals surface area contributed by atoms with Gasteiger partial charge in [-0.05, 0) is 26.0 Å². The molecule has 0 aliphatic heterocycles. The lowest BCUT2D eigenvalue weighted by atomic mass is 9.99. The molecule has 0 fully saturated rings. The minimum Gasteiger partial charge on any atom is -0.480 e. The Bertz CT molecular complexity index is 349. The molecule has 4 N–H and O–H groups in total. The van der Waals surface area contributed by atoms with E-state index in [1.54, 1.807) is 7.05 Å². The van der Waals surface area contributed by atoms with Crippen LogP contribution in [0.25, 0.3) is 0 Å². The Balaban J connectivity index is 2.74. The zero-order valence-electron chi connectivity index (χ0n) is 9.60. The Kier molecular flexibility index (Phi) is 4.46. The molecule has 0 saturated carbocycles. The van der Waals surface area contributed by atoms with Gasteiger partial charge in [-0.3, -0.25) is 4.79 Å². The summed E-state index contributed by atoms with van der Waals surface area (Å²) in [6.45, 7) is 2.02. The number of carbonyl (C=O) groups is 1. The molecule has 0 amide bonds. The molecule has 4 heteroatoms. The molecule has 0 saturated heterocycles. The van der Waals surface area contributed by atoms with Gasteiger partial charge in [0.2, 0.25) is 0 Å². The highest BCUT2D eigenvalue weighted by atomic mass is 16.4. The highest BCUT2D eigenvalue weighted by molar-refractivity contribution is 5.73. The van der Waals surface area contributed by atoms with E-state index >= 15 is 0 Å². The van der Waals surface area contributed by atoms with Crippen molar-refractivity contribution in [2.24, 2.45) is 5.73 Å². The predicted molar refractivity (Wildman–Crippen MR) is 63.2 cm³/mol. The first kappa shape index (κ1) is 12.7. The normalized spacial score (nSPS) is 14.4. The first-order valence-electron chi connectivity index (χ1n) is 5.26. The number of carboxylic acid groups (broad SMARTS) is 1. The number of carboxylic acids is 1. The lowest BCUT2D eigenvalue weighted by Gasteiger charge is -2.18. The van der Waals surface area contributed by atoms with Crippen molar-refractivity contribution >= 4 is 5.97 Å². The Morgan fingerprint density at radius 3 is 2.44 bits per heavy atom. The first-order chi connectivity index (χ1) is 7.54. The largest absolute Gasteiger partial charge is 0.480 e. The van der Waals surface area contributed by atoms with Crippen molar-refractivity contribution in [3.8, 4) is 0 Å². The van der Waals surface area contributed by atoms with Crippen LogP contribution >= 0.6 is 0 Å². The van der Waals surface area contributed by atoms with Crippen LogP contribution < -0.4 is 11.1 Å². The summed E-state index contributed by atoms with van der Waals surface area (Å²) in [7, 11) is 1.80. The molecule has 0 aliphatic carbocycles. The third kappa shape index (κ3) is 3.32. The monoisotopic (exact) mass is 222 g/mol. The SMILES string of the molecule is CNC(CC(N)C(=O)O)c1ccc(C)cc1. The van der Waals surface area contributed by atoms with Gasteiger partial charge in [0.15, 0.2) is 0 Å². The minimum absolute atomic E-state index is 0.0216. The van der Waals surface area contributed by atoms with Gasteiger partial charge in [-0.25, -0.2) is 0 Å². The Morgan fingerprint density at radius 2 is 2.00 bits per heavy atom. The summed E-state index contributed by atoms with van der Waals surface area (Å²) in [4.78, 5) is 10.7. The molecule has 16 heavy (non-hydrogen) atoms. The van der Waals surface area contributed by atoms with Crippen LogP contribution in [0.4, 0.5) is 0 Å². The van der Waals surface area contributed by atoms with Gasteiger partial charge >= 0.3 is 5.97 Å². The number of nitrogens with one attached hydrogen (secondary N) is 1. The number of aliphatic carboxylic acids is 1. The quantitative estimate of drug-likeness (QED) is 0.696. The maximum atomic E-state index is 10.7. The van der Waals surface area contributed by atoms with Crippen LogP contribution in [-0.4, -0.2) is 24.2 Å². The molecule has 0 radical (unpaired) electrons. The summed E-state index contributed by atoms with van der Waals surface area (Å²) >= 11 is 0. The standard InChI is InChI=1S/C12H18N2O2/c1-8-3-5-9(6-4-8)11(14-2)7-10(13)12(15)16/h3-6,10-11,14H,7,13H2,1-2H3,(H,15,16). The number of benzene rings is 1. The molecule has 2 unspecified atom stereocenters. The number of hydrogen-bond acceptors (Lipinski definition) is 3. The lowest BCUT2D eigenvalue weighted by Crippen LogP contribution is -2.34. The van der Waals surface area contributed by atoms with Gasteiger partial charge in [-0.15, -0.1) is 0 Å². The molecule has 1 rings (SSSR count). The summed E-state index contributed by atoms with van der Waals surface area (Å²) < 4.78 is 0. The average Bonchev–Trinajstić information content (AvgIpc) is 2.26. The van der Waals surface area contributed by atoms with Crippen molar-refractivity contribution < 1.29 is 9.90 Å². The van der Waals surface area contributed by atoms with Gasteiger partial charge in [0.1, 0.15) is 6.04 Å². The zero-order chi connectivity index (χ0) is 12.1. The molecule has 0 heterocycles. The third-order valence-electron chi connectivity index (χ3n) is 2.64. The van der Waals surface area contributed by atoms with E-state index in [2.05, 4.69) is 5.32 Å². The molecule has 0 aromatic heterocycles. The van der Waals surface area contributed by atoms with E-state index in [4.69, 9.17) is 10.8 Å². The Hall–Kier alpha value is -1.39. The highest BCUT2D eigenvalue weighted by Crippen LogP contribution is 2.18. The Morgan fingerprint density at radius 1 is 1.44 bits per heavy atom. The van der Waals surface area contributed by atoms with E-state index in [0.717, 1.165) is 5.56 Å². The fourth-order valence-corrected chi connectivity index (χ4v) is 1.57. The molecule has 1 aromatic rings. The number of nitrogens with two attached hydrogens (primary N) is 1. The maximum absolute atomic E-state index is 10.7. The molecule has 4 nitrogen and oxygen atoms in total. The molecular weight excluding hydrogens is 204 g/mol. The lowest BCUT2D eigenvalue weighted by molar-refractivity contribution is -0.138. The second-order valence-corrected chi connectivity index (χ2v) is 3.93. The van der Waals surface area contributed by atoms with Gasteiger partial charge in [-0.1, -0.05) is 29.8 Å². The Labute approximate surface area is 95.5 Å². The van der Waals surface area contributed by atoms with Gasteiger partial charge in [0.25, 0.3) is 0 Å². The van der Waals surface area contributed by atoms with E-state index in [0.29, 0.717) is 6.42 Å². The first-order valence-corrected chi connectivity index (χ1v) is 5.26. The van der Waals surface area contributed by atoms with Crippen molar-refractivity contribution in [1.29, 1.82) is 0 Å². The average molecular weight is 222 g/mol. The van der Waals surface area contributed by atoms with Crippen molar-refractivity contribution in [1.82, 2.24) is 5.32 Å². The molecule has 1 aromatic carbocycles. The van der Waals surface area contributed by atoms with Gasteiger partial charge in [0, 0.05) is 6.04 Å². The van der Waals surface area contributed by atoms with Crippen LogP contribution in [0.1, 0.15) is 23.6 Å². The maximum Gasteiger partial charge on any atom is 0.320 e. The summed E-state index contributed by atoms with van der Waals surface area (Å²) in [6, 6.07) is 7.14. The van der Waals surface area contributed by atoms with E-state index in [-0.39, 0.29) is 6.04 Å². The predicted octanol–water partition coefficient (Wildman–Crippen LogP) is 1.06. The van der Waals surface area contributed by atoms with E-state index in [1.165, 1.54) is 5.56 Å². The zero-order valence-corrected chi connectivity index (χ0v) is 9.60. The fourth-order valence-electron chi connectivity index (χ4n) is 1.57. The third-order valence-corrected chi connectivity index (χ3v) is 2.64. The topological polar surface area (TPSA) is 75.3 Å². The molecule has 88 valence electrons. The van der Waals surface area contributed by atoms with Gasteiger partial charge in [-0.2, -0.15) is 0 Å². The van der Waals surface area contributed by atoms with Crippen LogP contribution in [0.3, 0.4) is 0 Å². The van der Waals surface area contributed by atoms with Crippen LogP contribution in [0, 0.1) is 6.92 Å². The van der Waals surface area contributed by atoms with Crippen LogP contribution in [0.5, 0.6) is 0 Å². The number of aryl methyl sites for hydroxylation is 1. The second kappa shape index (κ2) is 5.63. The van der Waals surface area contributed by atoms with Crippen LogP contribution in [0.2, 0.25) is 0 Å². The molecule has 0 bridgehead atoms. The van der Waals surface area contributed by atoms with Gasteiger partial charge in [0.05, 0.1) is 0 Å². The van der Waals surface area contributed by atoms with Crippen molar-refractivity contribution in [3.05, 3.63) is 35.4 Å². The number of hydrogen-bond donors (Lipinski definition) is 3. The van der Waals surface area contributed by atoms with Gasteiger partial charge < -0.3 is 16.2 Å². The summed E-state index contributed by atoms with van der Waals surface area (Å²) in [5.74, 6) is -0.965. The van der Waals surface area contributed by atoms with Crippen molar-refractivity contribution in [2.45, 2.75) is 25.4 Å². The molecule has 0 aliphatic rings. The number of rotatable bonds is 5. The van der Waals surface area contributed by atoms with Crippen LogP contribution in [-0.2, 0) is 4.79 Å². The minimum atomic E-state index is -0.965. The summed E-state index contributed by atoms with van der Waals surface area (Å²) in [5.41, 5.74) is 7.76. The van der Waals surface area contributed by atoms with E-state index < -0.39 is 12.0 Å². The summed E-state index contributed by atoms with van der Waals surface area (Å²) in [5, 5.41) is 11.8. The molecular formula is C12H18N2O2. The smallest absolute Gasteiger partial charge is 0.320 e. The molecule has 0 spiro atoms. The van der Waals surface area contributed by atoms with Crippen molar-refractivity contribution in [2.75, 3.05) is 7.05 Å².